The van der Waals surface area contributed by atoms with Crippen molar-refractivity contribution in [3.63, 3.8) is 0 Å². The van der Waals surface area contributed by atoms with Crippen molar-refractivity contribution >= 4 is 28.5 Å². The highest BCUT2D eigenvalue weighted by atomic mass is 32.1. The summed E-state index contributed by atoms with van der Waals surface area (Å²) in [5.41, 5.74) is 1.73. The van der Waals surface area contributed by atoms with Crippen LogP contribution in [0, 0.1) is 0 Å². The number of ether oxygens (including phenoxy) is 3. The lowest BCUT2D eigenvalue weighted by molar-refractivity contribution is -0.134. The Morgan fingerprint density at radius 3 is 3.00 bits per heavy atom. The molecular weight excluding hydrogens is 394 g/mol. The van der Waals surface area contributed by atoms with Crippen LogP contribution in [-0.4, -0.2) is 47.7 Å². The zero-order valence-corrected chi connectivity index (χ0v) is 17.4. The molecule has 0 unspecified atom stereocenters. The van der Waals surface area contributed by atoms with E-state index in [0.717, 1.165) is 28.3 Å². The molecule has 1 N–H and O–H groups in total. The summed E-state index contributed by atoms with van der Waals surface area (Å²) in [4.78, 5) is 31.1. The summed E-state index contributed by atoms with van der Waals surface area (Å²) in [7, 11) is 1.30. The van der Waals surface area contributed by atoms with Crippen molar-refractivity contribution in [2.45, 2.75) is 38.8 Å². The Labute approximate surface area is 172 Å². The number of thiazole rings is 1. The van der Waals surface area contributed by atoms with E-state index >= 15 is 0 Å². The third-order valence-electron chi connectivity index (χ3n) is 4.88. The van der Waals surface area contributed by atoms with Crippen molar-refractivity contribution < 1.29 is 23.8 Å². The number of methoxy groups -OCH3 is 1. The van der Waals surface area contributed by atoms with Gasteiger partial charge in [-0.3, -0.25) is 10.1 Å². The predicted octanol–water partition coefficient (Wildman–Crippen LogP) is 3.00. The van der Waals surface area contributed by atoms with Crippen LogP contribution in [0.4, 0.5) is 9.93 Å². The van der Waals surface area contributed by atoms with Crippen molar-refractivity contribution in [1.82, 2.24) is 9.88 Å². The van der Waals surface area contributed by atoms with E-state index in [1.54, 1.807) is 4.90 Å². The summed E-state index contributed by atoms with van der Waals surface area (Å²) in [6, 6.07) is 5.77. The molecular formula is C20H23N3O5S. The first kappa shape index (κ1) is 19.5. The molecule has 0 atom stereocenters. The second-order valence-corrected chi connectivity index (χ2v) is 8.73. The topological polar surface area (TPSA) is 90.0 Å². The maximum atomic E-state index is 12.7. The van der Waals surface area contributed by atoms with Gasteiger partial charge in [0.05, 0.1) is 19.3 Å². The van der Waals surface area contributed by atoms with Crippen LogP contribution in [-0.2, 0) is 28.9 Å². The van der Waals surface area contributed by atoms with Crippen LogP contribution in [0.5, 0.6) is 11.5 Å². The fourth-order valence-electron chi connectivity index (χ4n) is 3.53. The minimum Gasteiger partial charge on any atom is -0.483 e. The molecule has 154 valence electrons. The Morgan fingerprint density at radius 2 is 2.21 bits per heavy atom. The van der Waals surface area contributed by atoms with E-state index in [9.17, 15) is 9.59 Å². The largest absolute Gasteiger partial charge is 0.483 e. The first-order valence-electron chi connectivity index (χ1n) is 9.39. The molecule has 0 bridgehead atoms. The number of nitrogens with one attached hydrogen (secondary N) is 1. The molecule has 0 fully saturated rings. The molecule has 0 radical (unpaired) electrons. The van der Waals surface area contributed by atoms with Crippen LogP contribution < -0.4 is 14.8 Å². The molecule has 2 aliphatic rings. The van der Waals surface area contributed by atoms with Gasteiger partial charge in [-0.2, -0.15) is 0 Å². The summed E-state index contributed by atoms with van der Waals surface area (Å²) >= 11 is 1.35. The first-order valence-corrected chi connectivity index (χ1v) is 10.2. The van der Waals surface area contributed by atoms with E-state index in [-0.39, 0.29) is 18.1 Å². The number of rotatable bonds is 4. The van der Waals surface area contributed by atoms with E-state index in [1.807, 2.05) is 32.0 Å². The van der Waals surface area contributed by atoms with Gasteiger partial charge in [0.25, 0.3) is 5.91 Å². The molecule has 1 aromatic heterocycles. The van der Waals surface area contributed by atoms with Gasteiger partial charge in [-0.15, -0.1) is 0 Å². The molecule has 3 heterocycles. The van der Waals surface area contributed by atoms with Gasteiger partial charge in [-0.1, -0.05) is 23.5 Å². The Hall–Kier alpha value is -2.81. The van der Waals surface area contributed by atoms with Crippen LogP contribution in [0.2, 0.25) is 0 Å². The first-order chi connectivity index (χ1) is 13.8. The Morgan fingerprint density at radius 1 is 1.38 bits per heavy atom. The van der Waals surface area contributed by atoms with Crippen LogP contribution in [0.3, 0.4) is 0 Å². The van der Waals surface area contributed by atoms with Gasteiger partial charge >= 0.3 is 6.09 Å². The Kier molecular flexibility index (Phi) is 5.08. The normalized spacial score (nSPS) is 16.4. The van der Waals surface area contributed by atoms with Gasteiger partial charge in [-0.25, -0.2) is 9.78 Å². The maximum absolute atomic E-state index is 12.7. The molecule has 0 aliphatic carbocycles. The van der Waals surface area contributed by atoms with Gasteiger partial charge in [0.1, 0.15) is 5.60 Å². The fraction of sp³-hybridized carbons (Fsp3) is 0.450. The number of carbonyl (C=O) groups is 2. The molecule has 2 amide bonds. The lowest BCUT2D eigenvalue weighted by Gasteiger charge is -2.26. The number of anilines is 1. The Bertz CT molecular complexity index is 956. The molecule has 0 saturated heterocycles. The van der Waals surface area contributed by atoms with E-state index in [4.69, 9.17) is 9.47 Å². The third kappa shape index (κ3) is 4.14. The second kappa shape index (κ2) is 7.55. The summed E-state index contributed by atoms with van der Waals surface area (Å²) in [6.07, 6.45) is 0.895. The molecule has 1 aromatic carbocycles. The van der Waals surface area contributed by atoms with Crippen molar-refractivity contribution in [1.29, 1.82) is 0 Å². The van der Waals surface area contributed by atoms with Crippen LogP contribution in [0.15, 0.2) is 18.2 Å². The van der Waals surface area contributed by atoms with Gasteiger partial charge in [-0.05, 0) is 19.9 Å². The lowest BCUT2D eigenvalue weighted by atomic mass is 10.0. The summed E-state index contributed by atoms with van der Waals surface area (Å²) < 4.78 is 16.4. The number of hydrogen-bond acceptors (Lipinski definition) is 7. The molecule has 9 heteroatoms. The molecule has 0 spiro atoms. The Balaban J connectivity index is 1.38. The van der Waals surface area contributed by atoms with Crippen LogP contribution in [0.25, 0.3) is 0 Å². The average Bonchev–Trinajstić information content (AvgIpc) is 3.23. The van der Waals surface area contributed by atoms with Crippen LogP contribution >= 0.6 is 11.3 Å². The van der Waals surface area contributed by atoms with Crippen molar-refractivity contribution in [3.8, 4) is 11.5 Å². The van der Waals surface area contributed by atoms with Gasteiger partial charge in [0, 0.05) is 29.8 Å². The fourth-order valence-corrected chi connectivity index (χ4v) is 4.54. The molecule has 29 heavy (non-hydrogen) atoms. The number of hydrogen-bond donors (Lipinski definition) is 1. The van der Waals surface area contributed by atoms with E-state index < -0.39 is 6.09 Å². The highest BCUT2D eigenvalue weighted by molar-refractivity contribution is 7.15. The highest BCUT2D eigenvalue weighted by Gasteiger charge is 2.32. The number of aromatic nitrogens is 1. The van der Waals surface area contributed by atoms with Gasteiger partial charge in [0.15, 0.2) is 23.2 Å². The zero-order chi connectivity index (χ0) is 20.6. The van der Waals surface area contributed by atoms with Gasteiger partial charge in [0.2, 0.25) is 0 Å². The zero-order valence-electron chi connectivity index (χ0n) is 16.6. The smallest absolute Gasteiger partial charge is 0.413 e. The van der Waals surface area contributed by atoms with Crippen molar-refractivity contribution in [2.24, 2.45) is 0 Å². The van der Waals surface area contributed by atoms with E-state index in [2.05, 4.69) is 15.0 Å². The predicted molar refractivity (Wildman–Crippen MR) is 108 cm³/mol. The minimum absolute atomic E-state index is 0.0539. The summed E-state index contributed by atoms with van der Waals surface area (Å²) in [5.74, 6) is 1.23. The third-order valence-corrected chi connectivity index (χ3v) is 5.88. The number of benzene rings is 1. The highest BCUT2D eigenvalue weighted by Crippen LogP contribution is 2.41. The number of para-hydroxylation sites is 1. The van der Waals surface area contributed by atoms with Gasteiger partial charge < -0.3 is 19.1 Å². The molecule has 2 aromatic rings. The molecule has 2 aliphatic heterocycles. The monoisotopic (exact) mass is 417 g/mol. The minimum atomic E-state index is -0.557. The lowest BCUT2D eigenvalue weighted by Crippen LogP contribution is -2.38. The number of carbonyl (C=O) groups excluding carboxylic acids is 2. The number of nitrogens with zero attached hydrogens (tertiary/aromatic N) is 2. The maximum Gasteiger partial charge on any atom is 0.413 e. The summed E-state index contributed by atoms with van der Waals surface area (Å²) in [5, 5.41) is 3.05. The number of amides is 2. The van der Waals surface area contributed by atoms with E-state index in [0.29, 0.717) is 30.4 Å². The van der Waals surface area contributed by atoms with Crippen molar-refractivity contribution in [2.75, 3.05) is 25.6 Å². The summed E-state index contributed by atoms with van der Waals surface area (Å²) in [6.45, 7) is 5.03. The van der Waals surface area contributed by atoms with Crippen molar-refractivity contribution in [3.05, 3.63) is 34.3 Å². The average molecular weight is 417 g/mol. The molecule has 8 nitrogen and oxygen atoms in total. The van der Waals surface area contributed by atoms with Crippen LogP contribution in [0.1, 0.15) is 30.0 Å². The number of fused-ring (bicyclic) bond motifs is 2. The second-order valence-electron chi connectivity index (χ2n) is 7.64. The SMILES string of the molecule is COC(=O)Nc1nc2c(s1)CN(C(=O)COc1cccc3c1OC(C)(C)C3)CC2. The van der Waals surface area contributed by atoms with E-state index in [1.165, 1.54) is 18.4 Å². The molecule has 4 rings (SSSR count). The molecule has 0 saturated carbocycles. The standard InChI is InChI=1S/C20H23N3O5S/c1-20(2)9-12-5-4-6-14(17(12)28-20)27-11-16(24)23-8-7-13-15(10-23)29-18(21-13)22-19(25)26-3/h4-6H,7-11H2,1-3H3,(H,21,22,25). The quantitative estimate of drug-likeness (QED) is 0.823.